The van der Waals surface area contributed by atoms with Crippen LogP contribution in [0.2, 0.25) is 5.02 Å². The Morgan fingerprint density at radius 1 is 1.30 bits per heavy atom. The Bertz CT molecular complexity index is 897. The third kappa shape index (κ3) is 3.15. The van der Waals surface area contributed by atoms with E-state index in [1.165, 1.54) is 0 Å². The number of ether oxygens (including phenoxy) is 1. The molecule has 1 aromatic heterocycles. The summed E-state index contributed by atoms with van der Waals surface area (Å²) >= 11 is 5.90. The molecule has 2 aromatic rings. The quantitative estimate of drug-likeness (QED) is 0.856. The largest absolute Gasteiger partial charge is 0.477 e. The lowest BCUT2D eigenvalue weighted by Gasteiger charge is -2.38. The van der Waals surface area contributed by atoms with Crippen LogP contribution >= 0.6 is 11.6 Å². The monoisotopic (exact) mass is 391 g/mol. The van der Waals surface area contributed by atoms with E-state index in [9.17, 15) is 14.7 Å². The molecular formula is C18H18ClN3O5. The van der Waals surface area contributed by atoms with Crippen LogP contribution in [0.15, 0.2) is 28.8 Å². The topological polar surface area (TPSA) is 96.1 Å². The van der Waals surface area contributed by atoms with Gasteiger partial charge in [-0.15, -0.1) is 0 Å². The first-order valence-electron chi connectivity index (χ1n) is 8.50. The number of rotatable bonds is 3. The first-order chi connectivity index (χ1) is 12.9. The maximum Gasteiger partial charge on any atom is 0.343 e. The number of aromatic carboxylic acids is 1. The Morgan fingerprint density at radius 2 is 2.04 bits per heavy atom. The molecule has 1 aromatic carbocycles. The fourth-order valence-corrected chi connectivity index (χ4v) is 3.78. The number of anilines is 1. The second-order valence-electron chi connectivity index (χ2n) is 6.92. The SMILES string of the molecule is CN1CC2(CCN(c3noc(-c4ccc(Cl)cc4)c3C(=O)O)C2)OCC1=O. The number of benzene rings is 1. The van der Waals surface area contributed by atoms with Crippen LogP contribution in [0.25, 0.3) is 11.3 Å². The van der Waals surface area contributed by atoms with Crippen molar-refractivity contribution in [3.05, 3.63) is 34.9 Å². The number of halogens is 1. The van der Waals surface area contributed by atoms with Crippen LogP contribution in [0.5, 0.6) is 0 Å². The lowest BCUT2D eigenvalue weighted by Crippen LogP contribution is -2.54. The molecule has 1 atom stereocenters. The van der Waals surface area contributed by atoms with E-state index >= 15 is 0 Å². The number of likely N-dealkylation sites (N-methyl/N-ethyl adjacent to an activating group) is 1. The minimum Gasteiger partial charge on any atom is -0.477 e. The molecule has 2 saturated heterocycles. The summed E-state index contributed by atoms with van der Waals surface area (Å²) in [7, 11) is 1.74. The zero-order valence-electron chi connectivity index (χ0n) is 14.6. The predicted molar refractivity (Wildman–Crippen MR) is 97.1 cm³/mol. The van der Waals surface area contributed by atoms with Crippen molar-refractivity contribution in [2.75, 3.05) is 38.2 Å². The number of hydrogen-bond donors (Lipinski definition) is 1. The number of hydrogen-bond acceptors (Lipinski definition) is 6. The average molecular weight is 392 g/mol. The van der Waals surface area contributed by atoms with Gasteiger partial charge in [0.05, 0.1) is 13.1 Å². The first-order valence-corrected chi connectivity index (χ1v) is 8.88. The van der Waals surface area contributed by atoms with Crippen LogP contribution in [0, 0.1) is 0 Å². The van der Waals surface area contributed by atoms with Gasteiger partial charge in [0.2, 0.25) is 5.91 Å². The van der Waals surface area contributed by atoms with Crippen molar-refractivity contribution in [1.29, 1.82) is 0 Å². The van der Waals surface area contributed by atoms with E-state index in [1.54, 1.807) is 36.2 Å². The van der Waals surface area contributed by atoms with Crippen LogP contribution in [-0.4, -0.2) is 65.9 Å². The molecule has 1 spiro atoms. The molecule has 142 valence electrons. The van der Waals surface area contributed by atoms with Crippen molar-refractivity contribution in [2.24, 2.45) is 0 Å². The van der Waals surface area contributed by atoms with E-state index in [2.05, 4.69) is 5.16 Å². The molecule has 1 amide bonds. The van der Waals surface area contributed by atoms with Crippen LogP contribution in [0.4, 0.5) is 5.82 Å². The number of carboxylic acid groups (broad SMARTS) is 1. The molecule has 3 heterocycles. The third-order valence-corrected chi connectivity index (χ3v) is 5.32. The molecule has 0 radical (unpaired) electrons. The lowest BCUT2D eigenvalue weighted by atomic mass is 10.0. The standard InChI is InChI=1S/C18H18ClN3O5/c1-21-9-18(26-8-13(21)23)6-7-22(10-18)16-14(17(24)25)15(27-20-16)11-2-4-12(19)5-3-11/h2-5H,6-10H2,1H3,(H,24,25). The summed E-state index contributed by atoms with van der Waals surface area (Å²) in [6.45, 7) is 1.50. The van der Waals surface area contributed by atoms with Gasteiger partial charge in [0.1, 0.15) is 12.2 Å². The summed E-state index contributed by atoms with van der Waals surface area (Å²) in [6.07, 6.45) is 0.673. The molecule has 0 saturated carbocycles. The number of amides is 1. The fraction of sp³-hybridized carbons (Fsp3) is 0.389. The van der Waals surface area contributed by atoms with Crippen LogP contribution in [-0.2, 0) is 9.53 Å². The van der Waals surface area contributed by atoms with Gasteiger partial charge in [-0.1, -0.05) is 16.8 Å². The van der Waals surface area contributed by atoms with Gasteiger partial charge in [0, 0.05) is 24.2 Å². The Morgan fingerprint density at radius 3 is 2.70 bits per heavy atom. The molecule has 8 nitrogen and oxygen atoms in total. The molecule has 0 bridgehead atoms. The third-order valence-electron chi connectivity index (χ3n) is 5.06. The molecule has 2 aliphatic heterocycles. The maximum atomic E-state index is 11.9. The lowest BCUT2D eigenvalue weighted by molar-refractivity contribution is -0.157. The number of aromatic nitrogens is 1. The van der Waals surface area contributed by atoms with Gasteiger partial charge in [0.15, 0.2) is 17.1 Å². The number of carbonyl (C=O) groups excluding carboxylic acids is 1. The smallest absolute Gasteiger partial charge is 0.343 e. The molecule has 1 N–H and O–H groups in total. The van der Waals surface area contributed by atoms with E-state index in [1.807, 2.05) is 4.90 Å². The summed E-state index contributed by atoms with van der Waals surface area (Å²) in [5, 5.41) is 14.3. The van der Waals surface area contributed by atoms with E-state index in [4.69, 9.17) is 20.9 Å². The minimum atomic E-state index is -1.12. The van der Waals surface area contributed by atoms with Crippen molar-refractivity contribution in [3.63, 3.8) is 0 Å². The highest BCUT2D eigenvalue weighted by Gasteiger charge is 2.46. The van der Waals surface area contributed by atoms with Gasteiger partial charge in [-0.2, -0.15) is 0 Å². The minimum absolute atomic E-state index is 0.00890. The molecule has 4 rings (SSSR count). The number of carboxylic acids is 1. The molecule has 2 aliphatic rings. The number of nitrogens with zero attached hydrogens (tertiary/aromatic N) is 3. The van der Waals surface area contributed by atoms with Gasteiger partial charge < -0.3 is 24.2 Å². The van der Waals surface area contributed by atoms with Gasteiger partial charge in [-0.05, 0) is 30.7 Å². The Kier molecular flexibility index (Phi) is 4.32. The summed E-state index contributed by atoms with van der Waals surface area (Å²) in [4.78, 5) is 27.1. The van der Waals surface area contributed by atoms with Gasteiger partial charge in [0.25, 0.3) is 0 Å². The Labute approximate surface area is 160 Å². The average Bonchev–Trinajstić information content (AvgIpc) is 3.24. The van der Waals surface area contributed by atoms with E-state index in [0.717, 1.165) is 0 Å². The predicted octanol–water partition coefficient (Wildman–Crippen LogP) is 2.13. The normalized spacial score (nSPS) is 22.7. The Hall–Kier alpha value is -2.58. The first kappa shape index (κ1) is 17.8. The van der Waals surface area contributed by atoms with Crippen LogP contribution in [0.1, 0.15) is 16.8 Å². The van der Waals surface area contributed by atoms with Gasteiger partial charge >= 0.3 is 5.97 Å². The molecule has 1 unspecified atom stereocenters. The van der Waals surface area contributed by atoms with Crippen molar-refractivity contribution < 1.29 is 24.0 Å². The molecular weight excluding hydrogens is 374 g/mol. The second-order valence-corrected chi connectivity index (χ2v) is 7.35. The number of morpholine rings is 1. The van der Waals surface area contributed by atoms with Crippen molar-refractivity contribution in [3.8, 4) is 11.3 Å². The van der Waals surface area contributed by atoms with E-state index in [-0.39, 0.29) is 29.7 Å². The zero-order valence-corrected chi connectivity index (χ0v) is 15.4. The molecule has 9 heteroatoms. The van der Waals surface area contributed by atoms with E-state index in [0.29, 0.717) is 36.6 Å². The van der Waals surface area contributed by atoms with Gasteiger partial charge in [-0.3, -0.25) is 4.79 Å². The highest BCUT2D eigenvalue weighted by molar-refractivity contribution is 6.30. The summed E-state index contributed by atoms with van der Waals surface area (Å²) in [5.41, 5.74) is 0.0796. The van der Waals surface area contributed by atoms with Crippen LogP contribution in [0.3, 0.4) is 0 Å². The number of carbonyl (C=O) groups is 2. The highest BCUT2D eigenvalue weighted by Crippen LogP contribution is 2.37. The van der Waals surface area contributed by atoms with Gasteiger partial charge in [-0.25, -0.2) is 4.79 Å². The van der Waals surface area contributed by atoms with Crippen molar-refractivity contribution >= 4 is 29.3 Å². The fourth-order valence-electron chi connectivity index (χ4n) is 3.65. The second kappa shape index (κ2) is 6.54. The van der Waals surface area contributed by atoms with E-state index < -0.39 is 11.6 Å². The molecule has 27 heavy (non-hydrogen) atoms. The van der Waals surface area contributed by atoms with Crippen molar-refractivity contribution in [2.45, 2.75) is 12.0 Å². The van der Waals surface area contributed by atoms with Crippen molar-refractivity contribution in [1.82, 2.24) is 10.1 Å². The molecule has 0 aliphatic carbocycles. The summed E-state index contributed by atoms with van der Waals surface area (Å²) in [5.74, 6) is -0.717. The van der Waals surface area contributed by atoms with Crippen LogP contribution < -0.4 is 4.90 Å². The molecule has 2 fully saturated rings. The highest BCUT2D eigenvalue weighted by atomic mass is 35.5. The Balaban J connectivity index is 1.64. The summed E-state index contributed by atoms with van der Waals surface area (Å²) in [6, 6.07) is 6.71. The zero-order chi connectivity index (χ0) is 19.2. The maximum absolute atomic E-state index is 11.9. The summed E-state index contributed by atoms with van der Waals surface area (Å²) < 4.78 is 11.2.